The third kappa shape index (κ3) is 3.43. The number of hydrogen-bond acceptors (Lipinski definition) is 5. The van der Waals surface area contributed by atoms with E-state index in [2.05, 4.69) is 5.16 Å². The van der Waals surface area contributed by atoms with Crippen LogP contribution < -0.4 is 4.74 Å². The lowest BCUT2D eigenvalue weighted by Crippen LogP contribution is -2.44. The molecule has 1 aliphatic rings. The number of morpholine rings is 1. The summed E-state index contributed by atoms with van der Waals surface area (Å²) in [4.78, 5) is 14.6. The van der Waals surface area contributed by atoms with Gasteiger partial charge in [-0.15, -0.1) is 0 Å². The molecule has 1 atom stereocenters. The van der Waals surface area contributed by atoms with Crippen LogP contribution in [0.15, 0.2) is 28.8 Å². The molecule has 3 rings (SSSR count). The van der Waals surface area contributed by atoms with Crippen LogP contribution >= 0.6 is 0 Å². The summed E-state index contributed by atoms with van der Waals surface area (Å²) in [5.74, 6) is 1.28. The number of carbonyl (C=O) groups is 1. The molecule has 1 saturated heterocycles. The second kappa shape index (κ2) is 7.05. The summed E-state index contributed by atoms with van der Waals surface area (Å²) in [5, 5.41) is 3.92. The lowest BCUT2D eigenvalue weighted by Gasteiger charge is -2.31. The van der Waals surface area contributed by atoms with Crippen molar-refractivity contribution in [3.8, 4) is 5.75 Å². The highest BCUT2D eigenvalue weighted by atomic mass is 16.5. The zero-order valence-corrected chi connectivity index (χ0v) is 14.2. The molecular formula is C18H22N2O4. The van der Waals surface area contributed by atoms with Gasteiger partial charge in [-0.1, -0.05) is 17.3 Å². The van der Waals surface area contributed by atoms with E-state index in [0.717, 1.165) is 17.0 Å². The maximum Gasteiger partial charge on any atom is 0.257 e. The second-order valence-corrected chi connectivity index (χ2v) is 6.02. The largest absolute Gasteiger partial charge is 0.488 e. The van der Waals surface area contributed by atoms with Gasteiger partial charge in [-0.2, -0.15) is 0 Å². The maximum atomic E-state index is 12.8. The van der Waals surface area contributed by atoms with Crippen LogP contribution in [0.5, 0.6) is 5.75 Å². The molecule has 1 amide bonds. The molecule has 0 spiro atoms. The first-order valence-electron chi connectivity index (χ1n) is 8.10. The Morgan fingerprint density at radius 2 is 2.17 bits per heavy atom. The molecule has 128 valence electrons. The smallest absolute Gasteiger partial charge is 0.257 e. The first-order chi connectivity index (χ1) is 11.6. The van der Waals surface area contributed by atoms with Crippen molar-refractivity contribution in [1.29, 1.82) is 0 Å². The van der Waals surface area contributed by atoms with Crippen molar-refractivity contribution in [2.24, 2.45) is 0 Å². The van der Waals surface area contributed by atoms with E-state index in [-0.39, 0.29) is 12.0 Å². The Labute approximate surface area is 141 Å². The molecule has 1 aromatic carbocycles. The fourth-order valence-electron chi connectivity index (χ4n) is 2.80. The standard InChI is InChI=1S/C18H22N2O4/c1-12-10-20(8-9-22-12)18(21)15-6-4-5-7-17(15)23-11-16-13(2)19-24-14(16)3/h4-7,12H,8-11H2,1-3H3/t12-/m0/s1. The number of carbonyl (C=O) groups excluding carboxylic acids is 1. The molecule has 0 unspecified atom stereocenters. The lowest BCUT2D eigenvalue weighted by molar-refractivity contribution is -0.0125. The zero-order valence-electron chi connectivity index (χ0n) is 14.2. The highest BCUT2D eigenvalue weighted by Crippen LogP contribution is 2.23. The van der Waals surface area contributed by atoms with Crippen molar-refractivity contribution >= 4 is 5.91 Å². The normalized spacial score (nSPS) is 17.8. The van der Waals surface area contributed by atoms with E-state index in [1.807, 2.05) is 43.9 Å². The van der Waals surface area contributed by atoms with E-state index in [4.69, 9.17) is 14.0 Å². The molecule has 2 aromatic rings. The van der Waals surface area contributed by atoms with Crippen LogP contribution in [-0.2, 0) is 11.3 Å². The van der Waals surface area contributed by atoms with E-state index >= 15 is 0 Å². The molecule has 24 heavy (non-hydrogen) atoms. The van der Waals surface area contributed by atoms with Gasteiger partial charge in [0.25, 0.3) is 5.91 Å². The summed E-state index contributed by atoms with van der Waals surface area (Å²) >= 11 is 0. The second-order valence-electron chi connectivity index (χ2n) is 6.02. The lowest BCUT2D eigenvalue weighted by atomic mass is 10.1. The first-order valence-corrected chi connectivity index (χ1v) is 8.10. The minimum Gasteiger partial charge on any atom is -0.488 e. The quantitative estimate of drug-likeness (QED) is 0.862. The Morgan fingerprint density at radius 1 is 1.38 bits per heavy atom. The number of hydrogen-bond donors (Lipinski definition) is 0. The van der Waals surface area contributed by atoms with Gasteiger partial charge < -0.3 is 18.9 Å². The van der Waals surface area contributed by atoms with E-state index in [1.54, 1.807) is 6.07 Å². The number of aromatic nitrogens is 1. The van der Waals surface area contributed by atoms with Crippen LogP contribution in [0.25, 0.3) is 0 Å². The minimum absolute atomic E-state index is 0.0282. The van der Waals surface area contributed by atoms with Gasteiger partial charge in [0.15, 0.2) is 0 Å². The van der Waals surface area contributed by atoms with Crippen molar-refractivity contribution in [2.75, 3.05) is 19.7 Å². The summed E-state index contributed by atoms with van der Waals surface area (Å²) in [6.07, 6.45) is 0.0538. The highest BCUT2D eigenvalue weighted by molar-refractivity contribution is 5.97. The summed E-state index contributed by atoms with van der Waals surface area (Å²) in [5.41, 5.74) is 2.29. The summed E-state index contributed by atoms with van der Waals surface area (Å²) in [6, 6.07) is 7.32. The van der Waals surface area contributed by atoms with Gasteiger partial charge in [0.05, 0.1) is 29.5 Å². The zero-order chi connectivity index (χ0) is 17.1. The molecule has 0 radical (unpaired) electrons. The Balaban J connectivity index is 1.76. The van der Waals surface area contributed by atoms with Gasteiger partial charge in [0.2, 0.25) is 0 Å². The van der Waals surface area contributed by atoms with Crippen LogP contribution in [0.2, 0.25) is 0 Å². The number of nitrogens with zero attached hydrogens (tertiary/aromatic N) is 2. The minimum atomic E-state index is -0.0282. The molecule has 1 fully saturated rings. The summed E-state index contributed by atoms with van der Waals surface area (Å²) < 4.78 is 16.6. The van der Waals surface area contributed by atoms with Crippen LogP contribution in [0.1, 0.15) is 34.3 Å². The van der Waals surface area contributed by atoms with Gasteiger partial charge in [-0.25, -0.2) is 0 Å². The van der Waals surface area contributed by atoms with Crippen LogP contribution in [-0.4, -0.2) is 41.8 Å². The highest BCUT2D eigenvalue weighted by Gasteiger charge is 2.24. The monoisotopic (exact) mass is 330 g/mol. The summed E-state index contributed by atoms with van der Waals surface area (Å²) in [6.45, 7) is 7.78. The van der Waals surface area contributed by atoms with Crippen molar-refractivity contribution in [2.45, 2.75) is 33.5 Å². The van der Waals surface area contributed by atoms with Crippen molar-refractivity contribution < 1.29 is 18.8 Å². The number of amides is 1. The SMILES string of the molecule is Cc1noc(C)c1COc1ccccc1C(=O)N1CCO[C@@H](C)C1. The Kier molecular flexibility index (Phi) is 4.85. The molecule has 2 heterocycles. The van der Waals surface area contributed by atoms with E-state index in [9.17, 15) is 4.79 Å². The average molecular weight is 330 g/mol. The van der Waals surface area contributed by atoms with E-state index < -0.39 is 0 Å². The molecule has 0 aliphatic carbocycles. The fraction of sp³-hybridized carbons (Fsp3) is 0.444. The fourth-order valence-corrected chi connectivity index (χ4v) is 2.80. The number of ether oxygens (including phenoxy) is 2. The Bertz CT molecular complexity index is 706. The molecule has 0 saturated carbocycles. The van der Waals surface area contributed by atoms with E-state index in [1.165, 1.54) is 0 Å². The summed E-state index contributed by atoms with van der Waals surface area (Å²) in [7, 11) is 0. The van der Waals surface area contributed by atoms with Crippen molar-refractivity contribution in [3.63, 3.8) is 0 Å². The van der Waals surface area contributed by atoms with Crippen molar-refractivity contribution in [3.05, 3.63) is 46.8 Å². The van der Waals surface area contributed by atoms with Gasteiger partial charge in [-0.05, 0) is 32.9 Å². The molecular weight excluding hydrogens is 308 g/mol. The Hall–Kier alpha value is -2.34. The number of para-hydroxylation sites is 1. The third-order valence-electron chi connectivity index (χ3n) is 4.20. The van der Waals surface area contributed by atoms with Gasteiger partial charge in [-0.3, -0.25) is 4.79 Å². The van der Waals surface area contributed by atoms with Crippen molar-refractivity contribution in [1.82, 2.24) is 10.1 Å². The number of rotatable bonds is 4. The van der Waals surface area contributed by atoms with Gasteiger partial charge >= 0.3 is 0 Å². The van der Waals surface area contributed by atoms with E-state index in [0.29, 0.717) is 37.6 Å². The molecule has 6 heteroatoms. The van der Waals surface area contributed by atoms with Gasteiger partial charge in [0.1, 0.15) is 18.1 Å². The van der Waals surface area contributed by atoms with Crippen LogP contribution in [0.3, 0.4) is 0 Å². The molecule has 1 aliphatic heterocycles. The third-order valence-corrected chi connectivity index (χ3v) is 4.20. The predicted octanol–water partition coefficient (Wildman–Crippen LogP) is 2.73. The Morgan fingerprint density at radius 3 is 2.88 bits per heavy atom. The maximum absolute atomic E-state index is 12.8. The van der Waals surface area contributed by atoms with Crippen LogP contribution in [0, 0.1) is 13.8 Å². The number of benzene rings is 1. The molecule has 6 nitrogen and oxygen atoms in total. The molecule has 1 aromatic heterocycles. The average Bonchev–Trinajstić information content (AvgIpc) is 2.91. The van der Waals surface area contributed by atoms with Gasteiger partial charge in [0, 0.05) is 13.1 Å². The predicted molar refractivity (Wildman–Crippen MR) is 88.1 cm³/mol. The molecule has 0 N–H and O–H groups in total. The topological polar surface area (TPSA) is 64.8 Å². The van der Waals surface area contributed by atoms with Crippen LogP contribution in [0.4, 0.5) is 0 Å². The first kappa shape index (κ1) is 16.5. The molecule has 0 bridgehead atoms. The number of aryl methyl sites for hydroxylation is 2.